The summed E-state index contributed by atoms with van der Waals surface area (Å²) in [6.07, 6.45) is -0.0347. The minimum atomic E-state index is -0.496. The fourth-order valence-electron chi connectivity index (χ4n) is 1.62. The molecule has 2 N–H and O–H groups in total. The summed E-state index contributed by atoms with van der Waals surface area (Å²) in [6, 6.07) is 5.78. The Balaban J connectivity index is 2.72. The van der Waals surface area contributed by atoms with E-state index in [1.54, 1.807) is 14.0 Å². The van der Waals surface area contributed by atoms with Gasteiger partial charge in [-0.05, 0) is 24.6 Å². The Morgan fingerprint density at radius 3 is 2.72 bits per heavy atom. The van der Waals surface area contributed by atoms with E-state index in [9.17, 15) is 9.90 Å². The summed E-state index contributed by atoms with van der Waals surface area (Å²) >= 11 is 3.44. The van der Waals surface area contributed by atoms with Crippen LogP contribution in [0.1, 0.15) is 25.0 Å². The fourth-order valence-corrected chi connectivity index (χ4v) is 2.31. The number of rotatable bonds is 5. The van der Waals surface area contributed by atoms with Gasteiger partial charge in [-0.15, -0.1) is 0 Å². The molecule has 4 nitrogen and oxygen atoms in total. The van der Waals surface area contributed by atoms with Crippen LogP contribution in [0.5, 0.6) is 0 Å². The van der Waals surface area contributed by atoms with Crippen LogP contribution in [0, 0.1) is 0 Å². The zero-order chi connectivity index (χ0) is 13.7. The van der Waals surface area contributed by atoms with E-state index in [0.717, 1.165) is 15.7 Å². The Hall–Kier alpha value is -1.07. The average molecular weight is 315 g/mol. The molecule has 0 spiro atoms. The van der Waals surface area contributed by atoms with Gasteiger partial charge >= 0.3 is 0 Å². The van der Waals surface area contributed by atoms with E-state index in [1.807, 2.05) is 30.1 Å². The minimum Gasteiger partial charge on any atom is -0.389 e. The second-order valence-corrected chi connectivity index (χ2v) is 5.08. The highest BCUT2D eigenvalue weighted by Crippen LogP contribution is 2.27. The first-order chi connectivity index (χ1) is 8.45. The third kappa shape index (κ3) is 3.99. The molecule has 1 atom stereocenters. The molecule has 1 rings (SSSR count). The molecule has 0 aromatic heterocycles. The highest BCUT2D eigenvalue weighted by molar-refractivity contribution is 9.10. The largest absolute Gasteiger partial charge is 0.389 e. The zero-order valence-electron chi connectivity index (χ0n) is 10.9. The van der Waals surface area contributed by atoms with Crippen molar-refractivity contribution in [1.29, 1.82) is 0 Å². The van der Waals surface area contributed by atoms with Crippen LogP contribution in [-0.4, -0.2) is 31.7 Å². The summed E-state index contributed by atoms with van der Waals surface area (Å²) in [6.45, 7) is 2.38. The van der Waals surface area contributed by atoms with Gasteiger partial charge in [0.1, 0.15) is 0 Å². The van der Waals surface area contributed by atoms with E-state index in [1.165, 1.54) is 0 Å². The van der Waals surface area contributed by atoms with Gasteiger partial charge in [0.2, 0.25) is 5.91 Å². The van der Waals surface area contributed by atoms with Crippen LogP contribution in [0.3, 0.4) is 0 Å². The smallest absolute Gasteiger partial charge is 0.221 e. The van der Waals surface area contributed by atoms with Crippen molar-refractivity contribution in [3.63, 3.8) is 0 Å². The number of hydrogen-bond donors (Lipinski definition) is 2. The molecule has 100 valence electrons. The molecule has 5 heteroatoms. The predicted molar refractivity (Wildman–Crippen MR) is 76.7 cm³/mol. The van der Waals surface area contributed by atoms with Crippen molar-refractivity contribution in [2.75, 3.05) is 25.5 Å². The summed E-state index contributed by atoms with van der Waals surface area (Å²) in [5, 5.41) is 12.1. The standard InChI is InChI=1S/C13H19BrN2O2/c1-9(17)11-5-4-10(8-12(11)14)16(3)7-6-13(18)15-2/h4-5,8-9,17H,6-7H2,1-3H3,(H,15,18)/t9-/m0/s1. The zero-order valence-corrected chi connectivity index (χ0v) is 12.5. The highest BCUT2D eigenvalue weighted by atomic mass is 79.9. The number of amides is 1. The van der Waals surface area contributed by atoms with Gasteiger partial charge in [-0.2, -0.15) is 0 Å². The van der Waals surface area contributed by atoms with Gasteiger partial charge in [-0.1, -0.05) is 22.0 Å². The number of aliphatic hydroxyl groups is 1. The maximum atomic E-state index is 11.2. The van der Waals surface area contributed by atoms with Gasteiger partial charge in [0.25, 0.3) is 0 Å². The van der Waals surface area contributed by atoms with Crippen molar-refractivity contribution >= 4 is 27.5 Å². The minimum absolute atomic E-state index is 0.0292. The molecule has 0 aliphatic carbocycles. The van der Waals surface area contributed by atoms with E-state index in [4.69, 9.17) is 0 Å². The summed E-state index contributed by atoms with van der Waals surface area (Å²) in [4.78, 5) is 13.2. The third-order valence-electron chi connectivity index (χ3n) is 2.83. The maximum Gasteiger partial charge on any atom is 0.221 e. The third-order valence-corrected chi connectivity index (χ3v) is 3.51. The number of carbonyl (C=O) groups is 1. The first-order valence-corrected chi connectivity index (χ1v) is 6.64. The van der Waals surface area contributed by atoms with Gasteiger partial charge in [0.15, 0.2) is 0 Å². The molecule has 0 heterocycles. The van der Waals surface area contributed by atoms with Crippen LogP contribution < -0.4 is 10.2 Å². The van der Waals surface area contributed by atoms with Crippen LogP contribution in [0.25, 0.3) is 0 Å². The monoisotopic (exact) mass is 314 g/mol. The maximum absolute atomic E-state index is 11.2. The number of halogens is 1. The average Bonchev–Trinajstić information content (AvgIpc) is 2.34. The molecule has 0 aliphatic rings. The lowest BCUT2D eigenvalue weighted by Gasteiger charge is -2.20. The van der Waals surface area contributed by atoms with Crippen molar-refractivity contribution in [3.8, 4) is 0 Å². The Bertz CT molecular complexity index is 421. The van der Waals surface area contributed by atoms with Gasteiger partial charge in [-0.3, -0.25) is 4.79 Å². The SMILES string of the molecule is CNC(=O)CCN(C)c1ccc([C@H](C)O)c(Br)c1. The number of nitrogens with zero attached hydrogens (tertiary/aromatic N) is 1. The quantitative estimate of drug-likeness (QED) is 0.875. The van der Waals surface area contributed by atoms with E-state index in [2.05, 4.69) is 21.2 Å². The lowest BCUT2D eigenvalue weighted by molar-refractivity contribution is -0.120. The number of nitrogens with one attached hydrogen (secondary N) is 1. The molecule has 0 fully saturated rings. The van der Waals surface area contributed by atoms with E-state index in [-0.39, 0.29) is 5.91 Å². The first-order valence-electron chi connectivity index (χ1n) is 5.85. The van der Waals surface area contributed by atoms with Gasteiger partial charge in [0.05, 0.1) is 6.10 Å². The van der Waals surface area contributed by atoms with Crippen molar-refractivity contribution in [2.24, 2.45) is 0 Å². The van der Waals surface area contributed by atoms with Crippen molar-refractivity contribution < 1.29 is 9.90 Å². The molecule has 0 aliphatic heterocycles. The summed E-state index contributed by atoms with van der Waals surface area (Å²) in [5.41, 5.74) is 1.87. The second-order valence-electron chi connectivity index (χ2n) is 4.23. The van der Waals surface area contributed by atoms with Gasteiger partial charge in [-0.25, -0.2) is 0 Å². The number of hydrogen-bond acceptors (Lipinski definition) is 3. The predicted octanol–water partition coefficient (Wildman–Crippen LogP) is 2.07. The van der Waals surface area contributed by atoms with Crippen molar-refractivity contribution in [3.05, 3.63) is 28.2 Å². The number of benzene rings is 1. The molecule has 1 amide bonds. The molecule has 1 aromatic carbocycles. The highest BCUT2D eigenvalue weighted by Gasteiger charge is 2.09. The van der Waals surface area contributed by atoms with Crippen molar-refractivity contribution in [2.45, 2.75) is 19.4 Å². The number of carbonyl (C=O) groups excluding carboxylic acids is 1. The van der Waals surface area contributed by atoms with E-state index in [0.29, 0.717) is 13.0 Å². The number of aliphatic hydroxyl groups excluding tert-OH is 1. The van der Waals surface area contributed by atoms with Crippen LogP contribution in [0.4, 0.5) is 5.69 Å². The fraction of sp³-hybridized carbons (Fsp3) is 0.462. The first kappa shape index (κ1) is 15.0. The summed E-state index contributed by atoms with van der Waals surface area (Å²) in [7, 11) is 3.57. The lowest BCUT2D eigenvalue weighted by Crippen LogP contribution is -2.26. The Labute approximate surface area is 116 Å². The second kappa shape index (κ2) is 6.75. The van der Waals surface area contributed by atoms with E-state index >= 15 is 0 Å². The Morgan fingerprint density at radius 2 is 2.22 bits per heavy atom. The normalized spacial score (nSPS) is 12.1. The molecule has 1 aromatic rings. The molecule has 0 saturated heterocycles. The summed E-state index contributed by atoms with van der Waals surface area (Å²) in [5.74, 6) is 0.0292. The molecular weight excluding hydrogens is 296 g/mol. The lowest BCUT2D eigenvalue weighted by atomic mass is 10.1. The molecule has 0 unspecified atom stereocenters. The molecule has 0 radical (unpaired) electrons. The van der Waals surface area contributed by atoms with Crippen LogP contribution in [0.2, 0.25) is 0 Å². The Morgan fingerprint density at radius 1 is 1.56 bits per heavy atom. The van der Waals surface area contributed by atoms with Crippen LogP contribution >= 0.6 is 15.9 Å². The molecule has 0 bridgehead atoms. The molecule has 0 saturated carbocycles. The van der Waals surface area contributed by atoms with Gasteiger partial charge in [0, 0.05) is 37.2 Å². The Kier molecular flexibility index (Phi) is 5.62. The van der Waals surface area contributed by atoms with Crippen molar-refractivity contribution in [1.82, 2.24) is 5.32 Å². The molecular formula is C13H19BrN2O2. The molecule has 18 heavy (non-hydrogen) atoms. The van der Waals surface area contributed by atoms with E-state index < -0.39 is 6.10 Å². The topological polar surface area (TPSA) is 52.6 Å². The number of anilines is 1. The van der Waals surface area contributed by atoms with Gasteiger partial charge < -0.3 is 15.3 Å². The summed E-state index contributed by atoms with van der Waals surface area (Å²) < 4.78 is 0.877. The van der Waals surface area contributed by atoms with Crippen LogP contribution in [0.15, 0.2) is 22.7 Å². The van der Waals surface area contributed by atoms with Crippen LogP contribution in [-0.2, 0) is 4.79 Å².